The summed E-state index contributed by atoms with van der Waals surface area (Å²) in [5, 5.41) is 0. The van der Waals surface area contributed by atoms with Gasteiger partial charge in [-0.05, 0) is 24.3 Å². The highest BCUT2D eigenvalue weighted by Gasteiger charge is 1.99. The largest absolute Gasteiger partial charge is 0.500 e. The number of halogens is 2. The van der Waals surface area contributed by atoms with Gasteiger partial charge in [-0.1, -0.05) is 15.9 Å². The van der Waals surface area contributed by atoms with Crippen molar-refractivity contribution in [2.75, 3.05) is 0 Å². The highest BCUT2D eigenvalue weighted by atomic mass is 79.9. The van der Waals surface area contributed by atoms with Gasteiger partial charge >= 0.3 is 6.22 Å². The second kappa shape index (κ2) is 3.48. The Bertz CT molecular complexity index is 258. The molecular weight excluding hydrogens is 215 g/mol. The van der Waals surface area contributed by atoms with Gasteiger partial charge in [0.15, 0.2) is 0 Å². The van der Waals surface area contributed by atoms with E-state index in [0.717, 1.165) is 4.47 Å². The Labute approximate surface area is 71.1 Å². The lowest BCUT2D eigenvalue weighted by molar-refractivity contribution is 0.175. The normalized spacial score (nSPS) is 9.27. The molecule has 0 saturated heterocycles. The Morgan fingerprint density at radius 3 is 2.36 bits per heavy atom. The predicted octanol–water partition coefficient (Wildman–Crippen LogP) is 2.92. The van der Waals surface area contributed by atoms with E-state index in [1.807, 2.05) is 0 Å². The summed E-state index contributed by atoms with van der Waals surface area (Å²) in [7, 11) is 0. The topological polar surface area (TPSA) is 26.3 Å². The molecule has 0 atom stereocenters. The summed E-state index contributed by atoms with van der Waals surface area (Å²) in [6.07, 6.45) is -1.80. The van der Waals surface area contributed by atoms with Crippen molar-refractivity contribution in [2.24, 2.45) is 0 Å². The van der Waals surface area contributed by atoms with Gasteiger partial charge in [-0.15, -0.1) is 4.39 Å². The third-order valence-electron chi connectivity index (χ3n) is 1.01. The molecule has 0 saturated carbocycles. The minimum absolute atomic E-state index is 0.195. The molecule has 0 N–H and O–H groups in total. The first-order chi connectivity index (χ1) is 5.18. The van der Waals surface area contributed by atoms with Gasteiger partial charge in [0, 0.05) is 4.47 Å². The highest BCUT2D eigenvalue weighted by molar-refractivity contribution is 9.10. The first-order valence-electron chi connectivity index (χ1n) is 2.81. The molecule has 1 rings (SSSR count). The first-order valence-corrected chi connectivity index (χ1v) is 3.60. The molecule has 1 aromatic carbocycles. The van der Waals surface area contributed by atoms with Crippen LogP contribution in [0.4, 0.5) is 9.18 Å². The van der Waals surface area contributed by atoms with Crippen molar-refractivity contribution < 1.29 is 13.9 Å². The summed E-state index contributed by atoms with van der Waals surface area (Å²) >= 11 is 3.18. The summed E-state index contributed by atoms with van der Waals surface area (Å²) in [5.74, 6) is 0.195. The van der Waals surface area contributed by atoms with Crippen LogP contribution in [0, 0.1) is 0 Å². The van der Waals surface area contributed by atoms with E-state index in [9.17, 15) is 9.18 Å². The van der Waals surface area contributed by atoms with Gasteiger partial charge in [-0.25, -0.2) is 4.79 Å². The van der Waals surface area contributed by atoms with Gasteiger partial charge in [0.2, 0.25) is 0 Å². The Balaban J connectivity index is 2.74. The van der Waals surface area contributed by atoms with Crippen molar-refractivity contribution in [1.29, 1.82) is 0 Å². The van der Waals surface area contributed by atoms with Crippen LogP contribution in [0.5, 0.6) is 5.75 Å². The number of rotatable bonds is 1. The van der Waals surface area contributed by atoms with Gasteiger partial charge in [-0.3, -0.25) is 0 Å². The van der Waals surface area contributed by atoms with Crippen LogP contribution < -0.4 is 4.74 Å². The maximum atomic E-state index is 11.6. The molecule has 11 heavy (non-hydrogen) atoms. The summed E-state index contributed by atoms with van der Waals surface area (Å²) in [4.78, 5) is 9.80. The van der Waals surface area contributed by atoms with Crippen LogP contribution in [0.1, 0.15) is 0 Å². The second-order valence-electron chi connectivity index (χ2n) is 1.79. The van der Waals surface area contributed by atoms with Crippen LogP contribution >= 0.6 is 15.9 Å². The predicted molar refractivity (Wildman–Crippen MR) is 41.3 cm³/mol. The number of benzene rings is 1. The van der Waals surface area contributed by atoms with Gasteiger partial charge in [-0.2, -0.15) is 0 Å². The van der Waals surface area contributed by atoms with Gasteiger partial charge in [0.05, 0.1) is 0 Å². The zero-order chi connectivity index (χ0) is 8.27. The van der Waals surface area contributed by atoms with Gasteiger partial charge in [0.1, 0.15) is 5.75 Å². The highest BCUT2D eigenvalue weighted by Crippen LogP contribution is 2.16. The molecule has 0 aliphatic rings. The van der Waals surface area contributed by atoms with Crippen molar-refractivity contribution in [2.45, 2.75) is 0 Å². The molecule has 0 spiro atoms. The van der Waals surface area contributed by atoms with Gasteiger partial charge < -0.3 is 4.74 Å². The lowest BCUT2D eigenvalue weighted by Crippen LogP contribution is -1.96. The fourth-order valence-electron chi connectivity index (χ4n) is 0.595. The molecular formula is C7H4BrFO2. The summed E-state index contributed by atoms with van der Waals surface area (Å²) in [6, 6.07) is 6.28. The SMILES string of the molecule is O=C(F)Oc1ccc(Br)cc1. The van der Waals surface area contributed by atoms with Crippen LogP contribution in [-0.2, 0) is 0 Å². The van der Waals surface area contributed by atoms with E-state index >= 15 is 0 Å². The van der Waals surface area contributed by atoms with E-state index in [2.05, 4.69) is 20.7 Å². The molecule has 58 valence electrons. The van der Waals surface area contributed by atoms with E-state index in [-0.39, 0.29) is 5.75 Å². The maximum Gasteiger partial charge on any atom is 0.500 e. The molecule has 0 aliphatic carbocycles. The van der Waals surface area contributed by atoms with Crippen molar-refractivity contribution in [1.82, 2.24) is 0 Å². The van der Waals surface area contributed by atoms with Gasteiger partial charge in [0.25, 0.3) is 0 Å². The minimum Gasteiger partial charge on any atom is -0.401 e. The number of ether oxygens (including phenoxy) is 1. The molecule has 1 aromatic rings. The van der Waals surface area contributed by atoms with Crippen LogP contribution in [-0.4, -0.2) is 6.22 Å². The van der Waals surface area contributed by atoms with Crippen LogP contribution in [0.15, 0.2) is 28.7 Å². The number of carbonyl (C=O) groups excluding carboxylic acids is 1. The standard InChI is InChI=1S/C7H4BrFO2/c8-5-1-3-6(4-2-5)11-7(9)10/h1-4H. The quantitative estimate of drug-likeness (QED) is 0.678. The Morgan fingerprint density at radius 1 is 1.36 bits per heavy atom. The minimum atomic E-state index is -1.80. The number of hydrogen-bond donors (Lipinski definition) is 0. The maximum absolute atomic E-state index is 11.6. The Kier molecular flexibility index (Phi) is 2.59. The third-order valence-corrected chi connectivity index (χ3v) is 1.54. The van der Waals surface area contributed by atoms with E-state index in [1.165, 1.54) is 12.1 Å². The number of carbonyl (C=O) groups is 1. The molecule has 0 aromatic heterocycles. The summed E-state index contributed by atoms with van der Waals surface area (Å²) in [5.41, 5.74) is 0. The van der Waals surface area contributed by atoms with E-state index in [1.54, 1.807) is 12.1 Å². The molecule has 2 nitrogen and oxygen atoms in total. The summed E-state index contributed by atoms with van der Waals surface area (Å²) < 4.78 is 16.6. The van der Waals surface area contributed by atoms with E-state index in [4.69, 9.17) is 0 Å². The molecule has 0 radical (unpaired) electrons. The van der Waals surface area contributed by atoms with Crippen molar-refractivity contribution in [3.05, 3.63) is 28.7 Å². The molecule has 0 unspecified atom stereocenters. The zero-order valence-corrected chi connectivity index (χ0v) is 6.97. The fraction of sp³-hybridized carbons (Fsp3) is 0. The number of hydrogen-bond acceptors (Lipinski definition) is 2. The smallest absolute Gasteiger partial charge is 0.401 e. The fourth-order valence-corrected chi connectivity index (χ4v) is 0.860. The first kappa shape index (κ1) is 8.20. The van der Waals surface area contributed by atoms with Crippen molar-refractivity contribution >= 4 is 22.2 Å². The molecule has 0 fully saturated rings. The van der Waals surface area contributed by atoms with E-state index < -0.39 is 6.22 Å². The lowest BCUT2D eigenvalue weighted by Gasteiger charge is -1.96. The van der Waals surface area contributed by atoms with Crippen molar-refractivity contribution in [3.63, 3.8) is 0 Å². The molecule has 0 amide bonds. The molecule has 0 heterocycles. The summed E-state index contributed by atoms with van der Waals surface area (Å²) in [6.45, 7) is 0. The average Bonchev–Trinajstić information content (AvgIpc) is 1.93. The average molecular weight is 219 g/mol. The van der Waals surface area contributed by atoms with Crippen LogP contribution in [0.2, 0.25) is 0 Å². The Morgan fingerprint density at radius 2 is 1.91 bits per heavy atom. The molecule has 0 bridgehead atoms. The van der Waals surface area contributed by atoms with Crippen LogP contribution in [0.3, 0.4) is 0 Å². The zero-order valence-electron chi connectivity index (χ0n) is 5.38. The molecule has 0 aliphatic heterocycles. The Hall–Kier alpha value is -0.900. The van der Waals surface area contributed by atoms with Crippen LogP contribution in [0.25, 0.3) is 0 Å². The van der Waals surface area contributed by atoms with Crippen molar-refractivity contribution in [3.8, 4) is 5.75 Å². The lowest BCUT2D eigenvalue weighted by atomic mass is 10.3. The second-order valence-corrected chi connectivity index (χ2v) is 2.71. The third kappa shape index (κ3) is 2.67. The molecule has 4 heteroatoms. The monoisotopic (exact) mass is 218 g/mol. The van der Waals surface area contributed by atoms with E-state index in [0.29, 0.717) is 0 Å².